The molecular formula is C23H17ClF3N9O2. The van der Waals surface area contributed by atoms with Crippen LogP contribution in [0.1, 0.15) is 37.9 Å². The van der Waals surface area contributed by atoms with Crippen LogP contribution < -0.4 is 10.6 Å². The Morgan fingerprint density at radius 2 is 1.87 bits per heavy atom. The number of hydrogen-bond donors (Lipinski definition) is 2. The molecule has 0 bridgehead atoms. The van der Waals surface area contributed by atoms with E-state index in [9.17, 15) is 22.8 Å². The van der Waals surface area contributed by atoms with Crippen LogP contribution in [0.5, 0.6) is 0 Å². The molecule has 0 spiro atoms. The average Bonchev–Trinajstić information content (AvgIpc) is 3.52. The van der Waals surface area contributed by atoms with Crippen LogP contribution in [0.25, 0.3) is 10.5 Å². The van der Waals surface area contributed by atoms with Gasteiger partial charge >= 0.3 is 6.18 Å². The van der Waals surface area contributed by atoms with E-state index in [1.807, 2.05) is 0 Å². The molecule has 0 aliphatic rings. The van der Waals surface area contributed by atoms with Crippen molar-refractivity contribution in [2.24, 2.45) is 0 Å². The predicted octanol–water partition coefficient (Wildman–Crippen LogP) is 4.05. The number of anilines is 1. The molecule has 0 fully saturated rings. The lowest BCUT2D eigenvalue weighted by atomic mass is 10.1. The first kappa shape index (κ1) is 26.3. The molecule has 0 aliphatic carbocycles. The summed E-state index contributed by atoms with van der Waals surface area (Å²) in [6, 6.07) is 10.7. The summed E-state index contributed by atoms with van der Waals surface area (Å²) in [5.41, 5.74) is 1.32. The van der Waals surface area contributed by atoms with E-state index in [4.69, 9.17) is 18.2 Å². The molecule has 4 aromatic rings. The maximum absolute atomic E-state index is 13.5. The molecule has 0 aliphatic heterocycles. The molecule has 2 heterocycles. The third-order valence-corrected chi connectivity index (χ3v) is 5.56. The Morgan fingerprint density at radius 1 is 1.13 bits per heavy atom. The van der Waals surface area contributed by atoms with Crippen molar-refractivity contribution >= 4 is 34.8 Å². The number of aromatic nitrogens is 6. The summed E-state index contributed by atoms with van der Waals surface area (Å²) in [5, 5.41) is 19.5. The highest BCUT2D eigenvalue weighted by Crippen LogP contribution is 2.29. The molecule has 0 atom stereocenters. The Kier molecular flexibility index (Phi) is 7.13. The summed E-state index contributed by atoms with van der Waals surface area (Å²) in [6.07, 6.45) is -4.77. The van der Waals surface area contributed by atoms with Gasteiger partial charge in [0.1, 0.15) is 12.2 Å². The third-order valence-electron chi connectivity index (χ3n) is 5.24. The van der Waals surface area contributed by atoms with Crippen molar-refractivity contribution in [2.45, 2.75) is 19.6 Å². The van der Waals surface area contributed by atoms with Crippen molar-refractivity contribution in [3.05, 3.63) is 87.2 Å². The third kappa shape index (κ3) is 5.32. The van der Waals surface area contributed by atoms with Crippen molar-refractivity contribution in [1.29, 1.82) is 0 Å². The van der Waals surface area contributed by atoms with Gasteiger partial charge in [0.15, 0.2) is 5.69 Å². The lowest BCUT2D eigenvalue weighted by molar-refractivity contribution is -0.145. The number of tetrazole rings is 1. The van der Waals surface area contributed by atoms with E-state index in [1.165, 1.54) is 29.9 Å². The Hall–Kier alpha value is -4.77. The number of para-hydroxylation sites is 1. The second-order valence-electron chi connectivity index (χ2n) is 7.86. The zero-order valence-electron chi connectivity index (χ0n) is 19.7. The highest BCUT2D eigenvalue weighted by Gasteiger charge is 2.37. The van der Waals surface area contributed by atoms with E-state index in [1.54, 1.807) is 31.2 Å². The number of halogens is 4. The molecule has 2 N–H and O–H groups in total. The largest absolute Gasteiger partial charge is 0.455 e. The van der Waals surface area contributed by atoms with Gasteiger partial charge in [-0.2, -0.15) is 23.1 Å². The molecule has 38 heavy (non-hydrogen) atoms. The smallest absolute Gasteiger partial charge is 0.355 e. The lowest BCUT2D eigenvalue weighted by Crippen LogP contribution is -2.23. The first-order valence-corrected chi connectivity index (χ1v) is 11.1. The highest BCUT2D eigenvalue weighted by molar-refractivity contribution is 6.32. The maximum atomic E-state index is 13.5. The number of aryl methyl sites for hydroxylation is 1. The number of rotatable bonds is 6. The first-order valence-electron chi connectivity index (χ1n) is 10.8. The molecule has 2 aromatic heterocycles. The fourth-order valence-corrected chi connectivity index (χ4v) is 3.75. The van der Waals surface area contributed by atoms with Gasteiger partial charge in [0.05, 0.1) is 34.2 Å². The van der Waals surface area contributed by atoms with Gasteiger partial charge in [-0.3, -0.25) is 9.59 Å². The number of nitrogens with one attached hydrogen (secondary N) is 2. The Bertz CT molecular complexity index is 1590. The molecule has 15 heteroatoms. The minimum absolute atomic E-state index is 0.0410. The number of nitrogens with zero attached hydrogens (tertiary/aromatic N) is 7. The van der Waals surface area contributed by atoms with Gasteiger partial charge in [-0.05, 0) is 42.0 Å². The fraction of sp³-hybridized carbons (Fsp3) is 0.174. The molecule has 194 valence electrons. The Morgan fingerprint density at radius 3 is 2.50 bits per heavy atom. The molecule has 0 saturated heterocycles. The number of hydrogen-bond acceptors (Lipinski definition) is 6. The van der Waals surface area contributed by atoms with Gasteiger partial charge in [-0.25, -0.2) is 9.53 Å². The molecule has 2 amide bonds. The SMILES string of the molecule is [C-]#[N+]c1cc(C)c(NC(=O)c2cc(Cn3nnc(C(F)(F)F)n3)nn2-c2ccccc2Cl)c(C(=O)NC)c1. The Balaban J connectivity index is 1.76. The first-order chi connectivity index (χ1) is 18.0. The second kappa shape index (κ2) is 10.3. The van der Waals surface area contributed by atoms with E-state index in [-0.39, 0.29) is 39.9 Å². The predicted molar refractivity (Wildman–Crippen MR) is 129 cm³/mol. The highest BCUT2D eigenvalue weighted by atomic mass is 35.5. The van der Waals surface area contributed by atoms with Crippen LogP contribution in [-0.4, -0.2) is 48.8 Å². The molecule has 11 nitrogen and oxygen atoms in total. The van der Waals surface area contributed by atoms with Crippen molar-refractivity contribution in [3.63, 3.8) is 0 Å². The maximum Gasteiger partial charge on any atom is 0.455 e. The monoisotopic (exact) mass is 543 g/mol. The Labute approximate surface area is 218 Å². The van der Waals surface area contributed by atoms with Crippen LogP contribution in [0.2, 0.25) is 5.02 Å². The van der Waals surface area contributed by atoms with Gasteiger partial charge in [0, 0.05) is 7.05 Å². The summed E-state index contributed by atoms with van der Waals surface area (Å²) in [4.78, 5) is 30.0. The van der Waals surface area contributed by atoms with E-state index < -0.39 is 23.8 Å². The summed E-state index contributed by atoms with van der Waals surface area (Å²) in [7, 11) is 1.41. The van der Waals surface area contributed by atoms with Gasteiger partial charge in [0.25, 0.3) is 17.6 Å². The number of carbonyl (C=O) groups excluding carboxylic acids is 2. The van der Waals surface area contributed by atoms with E-state index in [2.05, 4.69) is 36.0 Å². The second-order valence-corrected chi connectivity index (χ2v) is 8.26. The summed E-state index contributed by atoms with van der Waals surface area (Å²) >= 11 is 6.32. The van der Waals surface area contributed by atoms with Crippen LogP contribution in [0, 0.1) is 13.5 Å². The number of amides is 2. The van der Waals surface area contributed by atoms with Crippen LogP contribution in [0.4, 0.5) is 24.5 Å². The molecule has 2 aromatic carbocycles. The minimum Gasteiger partial charge on any atom is -0.355 e. The lowest BCUT2D eigenvalue weighted by Gasteiger charge is -2.15. The molecular weight excluding hydrogens is 527 g/mol. The number of carbonyl (C=O) groups is 2. The molecule has 0 unspecified atom stereocenters. The van der Waals surface area contributed by atoms with Gasteiger partial charge < -0.3 is 10.6 Å². The van der Waals surface area contributed by atoms with Crippen molar-refractivity contribution < 1.29 is 22.8 Å². The van der Waals surface area contributed by atoms with E-state index in [0.717, 1.165) is 0 Å². The van der Waals surface area contributed by atoms with Gasteiger partial charge in [-0.15, -0.1) is 10.2 Å². The van der Waals surface area contributed by atoms with E-state index >= 15 is 0 Å². The van der Waals surface area contributed by atoms with Crippen molar-refractivity contribution in [2.75, 3.05) is 12.4 Å². The quantitative estimate of drug-likeness (QED) is 0.354. The minimum atomic E-state index is -4.77. The zero-order valence-corrected chi connectivity index (χ0v) is 20.5. The van der Waals surface area contributed by atoms with Gasteiger partial charge in [0.2, 0.25) is 0 Å². The van der Waals surface area contributed by atoms with Gasteiger partial charge in [-0.1, -0.05) is 29.8 Å². The zero-order chi connectivity index (χ0) is 27.6. The van der Waals surface area contributed by atoms with Crippen LogP contribution in [-0.2, 0) is 12.7 Å². The normalized spacial score (nSPS) is 11.2. The summed E-state index contributed by atoms with van der Waals surface area (Å²) < 4.78 is 39.8. The summed E-state index contributed by atoms with van der Waals surface area (Å²) in [5.74, 6) is -2.64. The van der Waals surface area contributed by atoms with Crippen molar-refractivity contribution in [3.8, 4) is 5.69 Å². The molecule has 4 rings (SSSR count). The van der Waals surface area contributed by atoms with Crippen LogP contribution in [0.3, 0.4) is 0 Å². The summed E-state index contributed by atoms with van der Waals surface area (Å²) in [6.45, 7) is 8.56. The molecule has 0 saturated carbocycles. The van der Waals surface area contributed by atoms with E-state index in [0.29, 0.717) is 16.0 Å². The average molecular weight is 544 g/mol. The topological polar surface area (TPSA) is 124 Å². The fourth-order valence-electron chi connectivity index (χ4n) is 3.53. The number of benzene rings is 2. The van der Waals surface area contributed by atoms with Crippen molar-refractivity contribution in [1.82, 2.24) is 35.3 Å². The molecule has 0 radical (unpaired) electrons. The number of alkyl halides is 3. The standard InChI is InChI=1S/C23H17ClF3N9O2/c1-12-8-13(28-2)9-15(20(37)29-3)19(12)30-21(38)18-10-14(11-35-33-22(31-34-35)23(25,26)27)32-36(18)17-7-5-4-6-16(17)24/h4-10H,11H2,1,3H3,(H,29,37)(H,30,38). The van der Waals surface area contributed by atoms with Crippen LogP contribution in [0.15, 0.2) is 42.5 Å². The van der Waals surface area contributed by atoms with Crippen LogP contribution >= 0.6 is 11.6 Å².